The van der Waals surface area contributed by atoms with Gasteiger partial charge in [-0.3, -0.25) is 9.10 Å². The average Bonchev–Trinajstić information content (AvgIpc) is 2.62. The third-order valence-electron chi connectivity index (χ3n) is 5.26. The molecule has 0 spiro atoms. The number of nitrogens with one attached hydrogen (secondary N) is 1. The molecule has 1 aromatic carbocycles. The number of rotatable bonds is 10. The fraction of sp³-hybridized carbons (Fsp3) is 0.667. The lowest BCUT2D eigenvalue weighted by atomic mass is 10.0. The number of aryl methyl sites for hydroxylation is 1. The summed E-state index contributed by atoms with van der Waals surface area (Å²) in [5, 5.41) is 2.96. The van der Waals surface area contributed by atoms with Gasteiger partial charge in [-0.05, 0) is 63.2 Å². The monoisotopic (exact) mass is 409 g/mol. The molecule has 1 N–H and O–H groups in total. The van der Waals surface area contributed by atoms with E-state index in [1.54, 1.807) is 6.07 Å². The van der Waals surface area contributed by atoms with E-state index in [1.165, 1.54) is 29.9 Å². The van der Waals surface area contributed by atoms with Gasteiger partial charge in [0.1, 0.15) is 0 Å². The summed E-state index contributed by atoms with van der Waals surface area (Å²) in [5.74, 6) is 0.764. The number of carbonyl (C=O) groups is 1. The van der Waals surface area contributed by atoms with E-state index in [9.17, 15) is 13.2 Å². The van der Waals surface area contributed by atoms with Crippen molar-refractivity contribution in [2.75, 3.05) is 43.3 Å². The lowest BCUT2D eigenvalue weighted by Gasteiger charge is -2.30. The molecule has 158 valence electrons. The van der Waals surface area contributed by atoms with Crippen molar-refractivity contribution >= 4 is 21.6 Å². The molecule has 1 aliphatic rings. The minimum atomic E-state index is -3.38. The summed E-state index contributed by atoms with van der Waals surface area (Å²) in [7, 11) is -3.38. The molecule has 1 saturated heterocycles. The van der Waals surface area contributed by atoms with E-state index >= 15 is 0 Å². The Hall–Kier alpha value is -1.60. The Kier molecular flexibility index (Phi) is 8.76. The van der Waals surface area contributed by atoms with Gasteiger partial charge in [-0.1, -0.05) is 25.1 Å². The first kappa shape index (κ1) is 22.7. The summed E-state index contributed by atoms with van der Waals surface area (Å²) in [6.45, 7) is 8.53. The molecule has 1 aliphatic heterocycles. The molecule has 0 radical (unpaired) electrons. The van der Waals surface area contributed by atoms with Crippen LogP contribution in [0.25, 0.3) is 0 Å². The second-order valence-electron chi connectivity index (χ2n) is 7.98. The summed E-state index contributed by atoms with van der Waals surface area (Å²) >= 11 is 0. The van der Waals surface area contributed by atoms with Crippen LogP contribution in [0.15, 0.2) is 24.3 Å². The van der Waals surface area contributed by atoms with Crippen LogP contribution in [0.3, 0.4) is 0 Å². The number of benzene rings is 1. The topological polar surface area (TPSA) is 69.7 Å². The van der Waals surface area contributed by atoms with E-state index in [4.69, 9.17) is 0 Å². The van der Waals surface area contributed by atoms with Gasteiger partial charge in [-0.25, -0.2) is 8.42 Å². The molecular formula is C21H35N3O3S. The molecule has 1 aromatic rings. The Balaban J connectivity index is 1.70. The molecule has 28 heavy (non-hydrogen) atoms. The van der Waals surface area contributed by atoms with Crippen LogP contribution in [0.1, 0.15) is 44.6 Å². The molecule has 1 unspecified atom stereocenters. The van der Waals surface area contributed by atoms with Crippen LogP contribution in [0.4, 0.5) is 5.69 Å². The predicted octanol–water partition coefficient (Wildman–Crippen LogP) is 2.78. The number of amides is 1. The summed E-state index contributed by atoms with van der Waals surface area (Å²) in [4.78, 5) is 14.6. The number of carbonyl (C=O) groups excluding carboxylic acids is 1. The number of nitrogens with zero attached hydrogens (tertiary/aromatic N) is 2. The van der Waals surface area contributed by atoms with E-state index in [0.717, 1.165) is 31.0 Å². The maximum Gasteiger partial charge on any atom is 0.232 e. The SMILES string of the molecule is Cc1ccccc1N(CCCC(=O)NCCCN1CCCC(C)C1)S(C)(=O)=O. The van der Waals surface area contributed by atoms with Gasteiger partial charge in [0.2, 0.25) is 15.9 Å². The second kappa shape index (κ2) is 10.8. The number of likely N-dealkylation sites (tertiary alicyclic amines) is 1. The molecule has 0 bridgehead atoms. The van der Waals surface area contributed by atoms with Gasteiger partial charge in [0, 0.05) is 26.1 Å². The van der Waals surface area contributed by atoms with Crippen molar-refractivity contribution in [2.45, 2.75) is 46.0 Å². The lowest BCUT2D eigenvalue weighted by molar-refractivity contribution is -0.121. The first-order chi connectivity index (χ1) is 13.3. The average molecular weight is 410 g/mol. The van der Waals surface area contributed by atoms with Crippen LogP contribution < -0.4 is 9.62 Å². The zero-order valence-electron chi connectivity index (χ0n) is 17.5. The molecule has 6 nitrogen and oxygen atoms in total. The quantitative estimate of drug-likeness (QED) is 0.603. The van der Waals surface area contributed by atoms with Crippen LogP contribution in [0.2, 0.25) is 0 Å². The number of hydrogen-bond acceptors (Lipinski definition) is 4. The molecule has 2 rings (SSSR count). The highest BCUT2D eigenvalue weighted by Gasteiger charge is 2.19. The van der Waals surface area contributed by atoms with E-state index in [2.05, 4.69) is 17.1 Å². The highest BCUT2D eigenvalue weighted by Crippen LogP contribution is 2.22. The summed E-state index contributed by atoms with van der Waals surface area (Å²) in [6, 6.07) is 7.41. The van der Waals surface area contributed by atoms with Gasteiger partial charge in [0.15, 0.2) is 0 Å². The first-order valence-corrected chi connectivity index (χ1v) is 12.1. The van der Waals surface area contributed by atoms with Crippen molar-refractivity contribution < 1.29 is 13.2 Å². The van der Waals surface area contributed by atoms with Crippen molar-refractivity contribution in [3.05, 3.63) is 29.8 Å². The molecule has 7 heteroatoms. The predicted molar refractivity (Wildman–Crippen MR) is 115 cm³/mol. The zero-order chi connectivity index (χ0) is 20.6. The zero-order valence-corrected chi connectivity index (χ0v) is 18.3. The molecule has 1 atom stereocenters. The first-order valence-electron chi connectivity index (χ1n) is 10.3. The third kappa shape index (κ3) is 7.43. The maximum absolute atomic E-state index is 12.2. The highest BCUT2D eigenvalue weighted by atomic mass is 32.2. The number of piperidine rings is 1. The van der Waals surface area contributed by atoms with Crippen LogP contribution >= 0.6 is 0 Å². The standard InChI is InChI=1S/C21H35N3O3S/c1-18-9-6-14-23(17-18)15-8-13-22-21(25)12-7-16-24(28(3,26)27)20-11-5-4-10-19(20)2/h4-5,10-11,18H,6-9,12-17H2,1-3H3,(H,22,25). The smallest absolute Gasteiger partial charge is 0.232 e. The third-order valence-corrected chi connectivity index (χ3v) is 6.44. The number of sulfonamides is 1. The van der Waals surface area contributed by atoms with E-state index in [-0.39, 0.29) is 5.91 Å². The van der Waals surface area contributed by atoms with Gasteiger partial charge in [0.25, 0.3) is 0 Å². The van der Waals surface area contributed by atoms with Gasteiger partial charge in [-0.15, -0.1) is 0 Å². The Labute approximate surface area is 170 Å². The van der Waals surface area contributed by atoms with Gasteiger partial charge < -0.3 is 10.2 Å². The lowest BCUT2D eigenvalue weighted by Crippen LogP contribution is -2.36. The highest BCUT2D eigenvalue weighted by molar-refractivity contribution is 7.92. The molecule has 0 aromatic heterocycles. The maximum atomic E-state index is 12.2. The molecule has 1 heterocycles. The Bertz CT molecular complexity index is 736. The van der Waals surface area contributed by atoms with Gasteiger partial charge >= 0.3 is 0 Å². The van der Waals surface area contributed by atoms with Crippen molar-refractivity contribution in [3.8, 4) is 0 Å². The normalized spacial score (nSPS) is 18.0. The number of hydrogen-bond donors (Lipinski definition) is 1. The molecule has 0 saturated carbocycles. The Morgan fingerprint density at radius 2 is 2.04 bits per heavy atom. The second-order valence-corrected chi connectivity index (χ2v) is 9.88. The summed E-state index contributed by atoms with van der Waals surface area (Å²) in [5.41, 5.74) is 1.59. The summed E-state index contributed by atoms with van der Waals surface area (Å²) in [6.07, 6.45) is 5.58. The molecular weight excluding hydrogens is 374 g/mol. The number of anilines is 1. The van der Waals surface area contributed by atoms with E-state index in [1.807, 2.05) is 25.1 Å². The molecule has 1 fully saturated rings. The van der Waals surface area contributed by atoms with E-state index < -0.39 is 10.0 Å². The van der Waals surface area contributed by atoms with Crippen molar-refractivity contribution in [1.82, 2.24) is 10.2 Å². The van der Waals surface area contributed by atoms with Gasteiger partial charge in [0.05, 0.1) is 11.9 Å². The van der Waals surface area contributed by atoms with Crippen molar-refractivity contribution in [1.29, 1.82) is 0 Å². The Morgan fingerprint density at radius 3 is 2.71 bits per heavy atom. The van der Waals surface area contributed by atoms with Crippen LogP contribution in [-0.2, 0) is 14.8 Å². The fourth-order valence-corrected chi connectivity index (χ4v) is 4.82. The largest absolute Gasteiger partial charge is 0.356 e. The van der Waals surface area contributed by atoms with Crippen LogP contribution in [-0.4, -0.2) is 58.2 Å². The van der Waals surface area contributed by atoms with E-state index in [0.29, 0.717) is 31.6 Å². The minimum absolute atomic E-state index is 0.00903. The molecule has 0 aliphatic carbocycles. The minimum Gasteiger partial charge on any atom is -0.356 e. The van der Waals surface area contributed by atoms with Gasteiger partial charge in [-0.2, -0.15) is 0 Å². The fourth-order valence-electron chi connectivity index (χ4n) is 3.80. The van der Waals surface area contributed by atoms with Crippen molar-refractivity contribution in [3.63, 3.8) is 0 Å². The Morgan fingerprint density at radius 1 is 1.29 bits per heavy atom. The van der Waals surface area contributed by atoms with Crippen LogP contribution in [0.5, 0.6) is 0 Å². The summed E-state index contributed by atoms with van der Waals surface area (Å²) < 4.78 is 25.7. The van der Waals surface area contributed by atoms with Crippen LogP contribution in [0, 0.1) is 12.8 Å². The number of para-hydroxylation sites is 1. The molecule has 1 amide bonds. The van der Waals surface area contributed by atoms with Crippen molar-refractivity contribution in [2.24, 2.45) is 5.92 Å².